The topological polar surface area (TPSA) is 59.6 Å². The summed E-state index contributed by atoms with van der Waals surface area (Å²) in [5, 5.41) is 3.20. The Hall–Kier alpha value is -0.770. The average molecular weight is 243 g/mol. The fourth-order valence-corrected chi connectivity index (χ4v) is 1.58. The van der Waals surface area contributed by atoms with E-state index in [4.69, 9.17) is 10.5 Å². The lowest BCUT2D eigenvalue weighted by Gasteiger charge is -2.15. The molecule has 0 aliphatic rings. The van der Waals surface area contributed by atoms with Gasteiger partial charge in [0, 0.05) is 12.6 Å². The van der Waals surface area contributed by atoms with Crippen LogP contribution in [0.4, 0.5) is 0 Å². The molecule has 0 saturated heterocycles. The van der Waals surface area contributed by atoms with Crippen molar-refractivity contribution < 1.29 is 4.74 Å². The molecule has 1 unspecified atom stereocenters. The van der Waals surface area contributed by atoms with E-state index in [-0.39, 0.29) is 0 Å². The fraction of sp³-hybridized carbons (Fsp3) is 0.923. The second-order valence-electron chi connectivity index (χ2n) is 4.83. The minimum absolute atomic E-state index is 0.393. The van der Waals surface area contributed by atoms with E-state index >= 15 is 0 Å². The maximum absolute atomic E-state index is 5.77. The van der Waals surface area contributed by atoms with Crippen molar-refractivity contribution in [2.75, 3.05) is 19.8 Å². The number of nitrogens with zero attached hydrogens (tertiary/aromatic N) is 1. The third kappa shape index (κ3) is 11.5. The number of rotatable bonds is 9. The van der Waals surface area contributed by atoms with E-state index in [1.54, 1.807) is 0 Å². The minimum atomic E-state index is 0.393. The van der Waals surface area contributed by atoms with Crippen LogP contribution in [-0.4, -0.2) is 31.8 Å². The highest BCUT2D eigenvalue weighted by Crippen LogP contribution is 2.07. The molecular formula is C13H29N3O. The number of aliphatic imine (C=N–C) groups is 1. The van der Waals surface area contributed by atoms with Gasteiger partial charge in [-0.1, -0.05) is 26.7 Å². The van der Waals surface area contributed by atoms with Crippen LogP contribution in [0, 0.1) is 5.92 Å². The first-order valence-corrected chi connectivity index (χ1v) is 6.70. The van der Waals surface area contributed by atoms with Crippen molar-refractivity contribution in [2.45, 2.75) is 53.0 Å². The van der Waals surface area contributed by atoms with Crippen LogP contribution in [0.2, 0.25) is 0 Å². The second-order valence-corrected chi connectivity index (χ2v) is 4.83. The van der Waals surface area contributed by atoms with E-state index in [2.05, 4.69) is 31.1 Å². The lowest BCUT2D eigenvalue weighted by Crippen LogP contribution is -2.38. The summed E-state index contributed by atoms with van der Waals surface area (Å²) in [5.74, 6) is 1.31. The van der Waals surface area contributed by atoms with Crippen molar-refractivity contribution >= 4 is 5.96 Å². The normalized spacial score (nSPS) is 14.1. The van der Waals surface area contributed by atoms with Crippen LogP contribution >= 0.6 is 0 Å². The Balaban J connectivity index is 3.60. The lowest BCUT2D eigenvalue weighted by atomic mass is 10.0. The number of hydrogen-bond acceptors (Lipinski definition) is 2. The van der Waals surface area contributed by atoms with E-state index in [0.717, 1.165) is 18.9 Å². The largest absolute Gasteiger partial charge is 0.380 e. The predicted molar refractivity (Wildman–Crippen MR) is 74.3 cm³/mol. The summed E-state index contributed by atoms with van der Waals surface area (Å²) >= 11 is 0. The fourth-order valence-electron chi connectivity index (χ4n) is 1.58. The van der Waals surface area contributed by atoms with E-state index < -0.39 is 0 Å². The Morgan fingerprint density at radius 2 is 2.00 bits per heavy atom. The van der Waals surface area contributed by atoms with Gasteiger partial charge in [-0.3, -0.25) is 4.99 Å². The number of guanidine groups is 1. The van der Waals surface area contributed by atoms with Gasteiger partial charge in [0.05, 0.1) is 13.2 Å². The zero-order valence-corrected chi connectivity index (χ0v) is 11.8. The number of nitrogens with one attached hydrogen (secondary N) is 1. The summed E-state index contributed by atoms with van der Waals surface area (Å²) < 4.78 is 5.19. The molecule has 0 aliphatic carbocycles. The van der Waals surface area contributed by atoms with Crippen LogP contribution in [0.25, 0.3) is 0 Å². The van der Waals surface area contributed by atoms with Gasteiger partial charge >= 0.3 is 0 Å². The summed E-state index contributed by atoms with van der Waals surface area (Å²) in [7, 11) is 0. The summed E-state index contributed by atoms with van der Waals surface area (Å²) in [6.07, 6.45) is 3.64. The smallest absolute Gasteiger partial charge is 0.188 e. The van der Waals surface area contributed by atoms with Gasteiger partial charge in [-0.2, -0.15) is 0 Å². The highest BCUT2D eigenvalue weighted by Gasteiger charge is 2.03. The molecular weight excluding hydrogens is 214 g/mol. The van der Waals surface area contributed by atoms with Crippen LogP contribution in [0.5, 0.6) is 0 Å². The van der Waals surface area contributed by atoms with Crippen molar-refractivity contribution in [3.8, 4) is 0 Å². The molecule has 0 bridgehead atoms. The number of nitrogens with two attached hydrogens (primary N) is 1. The molecule has 0 fully saturated rings. The zero-order valence-electron chi connectivity index (χ0n) is 11.8. The van der Waals surface area contributed by atoms with E-state index in [1.165, 1.54) is 12.8 Å². The van der Waals surface area contributed by atoms with Gasteiger partial charge in [0.25, 0.3) is 0 Å². The SMILES string of the molecule is CCOCCN=C(N)NC(C)CCCC(C)C. The highest BCUT2D eigenvalue weighted by molar-refractivity contribution is 5.78. The van der Waals surface area contributed by atoms with Gasteiger partial charge in [-0.25, -0.2) is 0 Å². The van der Waals surface area contributed by atoms with Crippen LogP contribution in [-0.2, 0) is 4.74 Å². The third-order valence-electron chi connectivity index (χ3n) is 2.53. The van der Waals surface area contributed by atoms with Crippen LogP contribution in [0.1, 0.15) is 47.0 Å². The van der Waals surface area contributed by atoms with E-state index in [1.807, 2.05) is 6.92 Å². The summed E-state index contributed by atoms with van der Waals surface area (Å²) in [4.78, 5) is 4.20. The van der Waals surface area contributed by atoms with Gasteiger partial charge in [-0.15, -0.1) is 0 Å². The first-order chi connectivity index (χ1) is 8.06. The number of ether oxygens (including phenoxy) is 1. The summed E-state index contributed by atoms with van der Waals surface area (Å²) in [5.41, 5.74) is 5.77. The summed E-state index contributed by atoms with van der Waals surface area (Å²) in [6.45, 7) is 10.6. The predicted octanol–water partition coefficient (Wildman–Crippen LogP) is 2.14. The van der Waals surface area contributed by atoms with Crippen LogP contribution in [0.3, 0.4) is 0 Å². The van der Waals surface area contributed by atoms with Gasteiger partial charge in [0.15, 0.2) is 5.96 Å². The molecule has 0 aromatic rings. The maximum atomic E-state index is 5.77. The third-order valence-corrected chi connectivity index (χ3v) is 2.53. The quantitative estimate of drug-likeness (QED) is 0.370. The molecule has 17 heavy (non-hydrogen) atoms. The zero-order chi connectivity index (χ0) is 13.1. The van der Waals surface area contributed by atoms with Crippen LogP contribution in [0.15, 0.2) is 4.99 Å². The Morgan fingerprint density at radius 3 is 2.59 bits per heavy atom. The molecule has 3 N–H and O–H groups in total. The van der Waals surface area contributed by atoms with Crippen molar-refractivity contribution in [3.05, 3.63) is 0 Å². The Labute approximate surface area is 106 Å². The molecule has 0 heterocycles. The molecule has 0 aromatic heterocycles. The average Bonchev–Trinajstić information content (AvgIpc) is 2.23. The molecule has 102 valence electrons. The lowest BCUT2D eigenvalue weighted by molar-refractivity contribution is 0.155. The molecule has 0 amide bonds. The minimum Gasteiger partial charge on any atom is -0.380 e. The van der Waals surface area contributed by atoms with Gasteiger partial charge < -0.3 is 15.8 Å². The van der Waals surface area contributed by atoms with Gasteiger partial charge in [0.1, 0.15) is 0 Å². The standard InChI is InChI=1S/C13H29N3O/c1-5-17-10-9-15-13(14)16-12(4)8-6-7-11(2)3/h11-12H,5-10H2,1-4H3,(H3,14,15,16). The molecule has 0 radical (unpaired) electrons. The molecule has 0 aliphatic heterocycles. The second kappa shape index (κ2) is 10.4. The van der Waals surface area contributed by atoms with Gasteiger partial charge in [-0.05, 0) is 26.2 Å². The van der Waals surface area contributed by atoms with E-state index in [9.17, 15) is 0 Å². The maximum Gasteiger partial charge on any atom is 0.188 e. The molecule has 1 atom stereocenters. The Bertz CT molecular complexity index is 205. The van der Waals surface area contributed by atoms with Crippen molar-refractivity contribution in [3.63, 3.8) is 0 Å². The first-order valence-electron chi connectivity index (χ1n) is 6.70. The van der Waals surface area contributed by atoms with Crippen molar-refractivity contribution in [1.82, 2.24) is 5.32 Å². The van der Waals surface area contributed by atoms with Crippen molar-refractivity contribution in [2.24, 2.45) is 16.6 Å². The molecule has 0 spiro atoms. The van der Waals surface area contributed by atoms with Crippen LogP contribution < -0.4 is 11.1 Å². The molecule has 4 nitrogen and oxygen atoms in total. The molecule has 0 aromatic carbocycles. The molecule has 4 heteroatoms. The first kappa shape index (κ1) is 16.2. The number of hydrogen-bond donors (Lipinski definition) is 2. The van der Waals surface area contributed by atoms with E-state index in [0.29, 0.717) is 25.2 Å². The highest BCUT2D eigenvalue weighted by atomic mass is 16.5. The monoisotopic (exact) mass is 243 g/mol. The van der Waals surface area contributed by atoms with Gasteiger partial charge in [0.2, 0.25) is 0 Å². The Kier molecular flexibility index (Phi) is 9.92. The molecule has 0 saturated carbocycles. The Morgan fingerprint density at radius 1 is 1.29 bits per heavy atom. The molecule has 0 rings (SSSR count). The van der Waals surface area contributed by atoms with Crippen molar-refractivity contribution in [1.29, 1.82) is 0 Å². The summed E-state index contributed by atoms with van der Waals surface area (Å²) in [6, 6.07) is 0.393.